The first-order valence-corrected chi connectivity index (χ1v) is 16.4. The first-order valence-electron chi connectivity index (χ1n) is 13.8. The molecule has 1 aliphatic carbocycles. The van der Waals surface area contributed by atoms with Crippen molar-refractivity contribution >= 4 is 50.7 Å². The summed E-state index contributed by atoms with van der Waals surface area (Å²) in [6, 6.07) is 20.0. The number of sulfonamides is 1. The fourth-order valence-corrected chi connectivity index (χ4v) is 6.58. The Hall–Kier alpha value is -3.27. The predicted molar refractivity (Wildman–Crippen MR) is 167 cm³/mol. The summed E-state index contributed by atoms with van der Waals surface area (Å²) in [5.41, 5.74) is 1.52. The monoisotopic (exact) mass is 631 g/mol. The van der Waals surface area contributed by atoms with E-state index in [-0.39, 0.29) is 36.4 Å². The lowest BCUT2D eigenvalue weighted by molar-refractivity contribution is -0.140. The maximum absolute atomic E-state index is 14.3. The lowest BCUT2D eigenvalue weighted by Gasteiger charge is -2.34. The van der Waals surface area contributed by atoms with Gasteiger partial charge in [0.1, 0.15) is 18.3 Å². The molecule has 11 heteroatoms. The van der Waals surface area contributed by atoms with Gasteiger partial charge in [0.2, 0.25) is 21.8 Å². The normalized spacial score (nSPS) is 14.3. The van der Waals surface area contributed by atoms with E-state index in [2.05, 4.69) is 5.32 Å². The molecule has 42 heavy (non-hydrogen) atoms. The van der Waals surface area contributed by atoms with Gasteiger partial charge in [0, 0.05) is 34.6 Å². The van der Waals surface area contributed by atoms with Crippen LogP contribution < -0.4 is 14.4 Å². The number of rotatable bonds is 12. The molecule has 0 aliphatic heterocycles. The number of ether oxygens (including phenoxy) is 1. The number of anilines is 1. The van der Waals surface area contributed by atoms with Gasteiger partial charge in [-0.1, -0.05) is 84.6 Å². The zero-order valence-electron chi connectivity index (χ0n) is 23.6. The molecule has 224 valence electrons. The lowest BCUT2D eigenvalue weighted by Crippen LogP contribution is -2.54. The average molecular weight is 633 g/mol. The number of amides is 2. The van der Waals surface area contributed by atoms with Crippen LogP contribution in [-0.2, 0) is 32.6 Å². The van der Waals surface area contributed by atoms with E-state index in [9.17, 15) is 18.0 Å². The Morgan fingerprint density at radius 2 is 1.57 bits per heavy atom. The van der Waals surface area contributed by atoms with Gasteiger partial charge >= 0.3 is 0 Å². The first-order chi connectivity index (χ1) is 20.1. The van der Waals surface area contributed by atoms with Crippen LogP contribution in [0.4, 0.5) is 5.69 Å². The zero-order valence-corrected chi connectivity index (χ0v) is 26.0. The molecule has 3 aromatic rings. The molecule has 0 bridgehead atoms. The number of benzene rings is 3. The molecule has 0 aromatic heterocycles. The van der Waals surface area contributed by atoms with Crippen LogP contribution >= 0.6 is 23.2 Å². The number of methoxy groups -OCH3 is 1. The molecular formula is C31H35Cl2N3O5S. The van der Waals surface area contributed by atoms with Crippen molar-refractivity contribution in [1.82, 2.24) is 10.2 Å². The van der Waals surface area contributed by atoms with Gasteiger partial charge in [0.05, 0.1) is 19.1 Å². The summed E-state index contributed by atoms with van der Waals surface area (Å²) in [7, 11) is -2.51. The molecule has 0 unspecified atom stereocenters. The minimum Gasteiger partial charge on any atom is -0.495 e. The van der Waals surface area contributed by atoms with Gasteiger partial charge < -0.3 is 15.0 Å². The van der Waals surface area contributed by atoms with Gasteiger partial charge in [-0.05, 0) is 42.7 Å². The molecule has 1 N–H and O–H groups in total. The highest BCUT2D eigenvalue weighted by Gasteiger charge is 2.35. The Balaban J connectivity index is 1.78. The minimum absolute atomic E-state index is 0.0118. The number of nitrogens with zero attached hydrogens (tertiary/aromatic N) is 2. The number of hydrogen-bond acceptors (Lipinski definition) is 5. The third-order valence-corrected chi connectivity index (χ3v) is 9.23. The van der Waals surface area contributed by atoms with Crippen LogP contribution in [0.25, 0.3) is 0 Å². The third kappa shape index (κ3) is 7.96. The van der Waals surface area contributed by atoms with E-state index in [1.54, 1.807) is 42.5 Å². The summed E-state index contributed by atoms with van der Waals surface area (Å²) in [5.74, 6) is -0.619. The SMILES string of the molecule is COc1ccccc1N(CC(=O)N(Cc1c(Cl)cccc1Cl)[C@H](Cc1ccccc1)C(=O)NC1CCCC1)S(C)(=O)=O. The van der Waals surface area contributed by atoms with Crippen LogP contribution in [-0.4, -0.2) is 57.1 Å². The smallest absolute Gasteiger partial charge is 0.244 e. The van der Waals surface area contributed by atoms with Crippen molar-refractivity contribution < 1.29 is 22.7 Å². The Labute approximate surface area is 257 Å². The average Bonchev–Trinajstić information content (AvgIpc) is 3.47. The largest absolute Gasteiger partial charge is 0.495 e. The second-order valence-corrected chi connectivity index (χ2v) is 13.1. The maximum atomic E-state index is 14.3. The quantitative estimate of drug-likeness (QED) is 0.286. The Morgan fingerprint density at radius 1 is 0.952 bits per heavy atom. The molecule has 1 fully saturated rings. The minimum atomic E-state index is -3.94. The molecule has 0 heterocycles. The van der Waals surface area contributed by atoms with Crippen molar-refractivity contribution in [3.63, 3.8) is 0 Å². The molecule has 0 spiro atoms. The van der Waals surface area contributed by atoms with Gasteiger partial charge in [-0.15, -0.1) is 0 Å². The van der Waals surface area contributed by atoms with Crippen molar-refractivity contribution in [2.45, 2.75) is 50.7 Å². The van der Waals surface area contributed by atoms with Crippen molar-refractivity contribution in [2.24, 2.45) is 0 Å². The van der Waals surface area contributed by atoms with E-state index in [0.29, 0.717) is 15.6 Å². The van der Waals surface area contributed by atoms with Gasteiger partial charge in [-0.25, -0.2) is 8.42 Å². The fraction of sp³-hybridized carbons (Fsp3) is 0.355. The molecule has 1 aliphatic rings. The standard InChI is InChI=1S/C31H35Cl2N3O5S/c1-41-29-18-9-8-17-27(29)36(42(2,39)40)21-30(37)35(20-24-25(32)15-10-16-26(24)33)28(19-22-11-4-3-5-12-22)31(38)34-23-13-6-7-14-23/h3-5,8-12,15-18,23,28H,6-7,13-14,19-21H2,1-2H3,(H,34,38)/t28-/m1/s1. The molecule has 0 radical (unpaired) electrons. The maximum Gasteiger partial charge on any atom is 0.244 e. The van der Waals surface area contributed by atoms with E-state index in [4.69, 9.17) is 27.9 Å². The summed E-state index contributed by atoms with van der Waals surface area (Å²) < 4.78 is 32.4. The Morgan fingerprint density at radius 3 is 2.19 bits per heavy atom. The van der Waals surface area contributed by atoms with Crippen LogP contribution in [0, 0.1) is 0 Å². The predicted octanol–water partition coefficient (Wildman–Crippen LogP) is 5.47. The summed E-state index contributed by atoms with van der Waals surface area (Å²) >= 11 is 13.1. The number of halogens is 2. The summed E-state index contributed by atoms with van der Waals surface area (Å²) in [4.78, 5) is 29.6. The van der Waals surface area contributed by atoms with Crippen LogP contribution in [0.2, 0.25) is 10.0 Å². The van der Waals surface area contributed by atoms with Crippen molar-refractivity contribution in [2.75, 3.05) is 24.2 Å². The number of carbonyl (C=O) groups is 2. The highest BCUT2D eigenvalue weighted by Crippen LogP contribution is 2.31. The van der Waals surface area contributed by atoms with Crippen LogP contribution in [0.3, 0.4) is 0 Å². The number of nitrogens with one attached hydrogen (secondary N) is 1. The zero-order chi connectivity index (χ0) is 30.3. The summed E-state index contributed by atoms with van der Waals surface area (Å²) in [5, 5.41) is 3.80. The van der Waals surface area contributed by atoms with E-state index in [0.717, 1.165) is 41.8 Å². The van der Waals surface area contributed by atoms with E-state index < -0.39 is 28.5 Å². The topological polar surface area (TPSA) is 96.0 Å². The van der Waals surface area contributed by atoms with E-state index in [1.807, 2.05) is 30.3 Å². The second-order valence-electron chi connectivity index (χ2n) is 10.4. The third-order valence-electron chi connectivity index (χ3n) is 7.40. The van der Waals surface area contributed by atoms with E-state index in [1.165, 1.54) is 12.0 Å². The van der Waals surface area contributed by atoms with Crippen molar-refractivity contribution in [1.29, 1.82) is 0 Å². The van der Waals surface area contributed by atoms with Crippen molar-refractivity contribution in [3.05, 3.63) is 94.0 Å². The van der Waals surface area contributed by atoms with Gasteiger partial charge in [0.25, 0.3) is 0 Å². The van der Waals surface area contributed by atoms with Gasteiger partial charge in [-0.2, -0.15) is 0 Å². The molecule has 1 saturated carbocycles. The summed E-state index contributed by atoms with van der Waals surface area (Å²) in [6.07, 6.45) is 5.01. The van der Waals surface area contributed by atoms with E-state index >= 15 is 0 Å². The molecule has 0 saturated heterocycles. The number of hydrogen-bond donors (Lipinski definition) is 1. The number of para-hydroxylation sites is 2. The fourth-order valence-electron chi connectivity index (χ4n) is 5.21. The van der Waals surface area contributed by atoms with Crippen molar-refractivity contribution in [3.8, 4) is 5.75 Å². The Kier molecular flexibility index (Phi) is 10.8. The second kappa shape index (κ2) is 14.3. The molecular weight excluding hydrogens is 597 g/mol. The Bertz CT molecular complexity index is 1480. The van der Waals surface area contributed by atoms with Crippen LogP contribution in [0.1, 0.15) is 36.8 Å². The van der Waals surface area contributed by atoms with Gasteiger partial charge in [-0.3, -0.25) is 13.9 Å². The van der Waals surface area contributed by atoms with Crippen LogP contribution in [0.15, 0.2) is 72.8 Å². The highest BCUT2D eigenvalue weighted by molar-refractivity contribution is 7.92. The highest BCUT2D eigenvalue weighted by atomic mass is 35.5. The lowest BCUT2D eigenvalue weighted by atomic mass is 10.0. The molecule has 2 amide bonds. The molecule has 3 aromatic carbocycles. The number of carbonyl (C=O) groups excluding carboxylic acids is 2. The molecule has 8 nitrogen and oxygen atoms in total. The van der Waals surface area contributed by atoms with Crippen LogP contribution in [0.5, 0.6) is 5.75 Å². The van der Waals surface area contributed by atoms with Gasteiger partial charge in [0.15, 0.2) is 0 Å². The summed E-state index contributed by atoms with van der Waals surface area (Å²) in [6.45, 7) is -0.667. The first kappa shape index (κ1) is 31.7. The molecule has 4 rings (SSSR count). The molecule has 1 atom stereocenters.